The molecule has 28 heavy (non-hydrogen) atoms. The van der Waals surface area contributed by atoms with Crippen molar-refractivity contribution in [3.8, 4) is 0 Å². The lowest BCUT2D eigenvalue weighted by molar-refractivity contribution is -0.159. The Morgan fingerprint density at radius 3 is 1.96 bits per heavy atom. The number of fused-ring (bicyclic) bond motifs is 1. The van der Waals surface area contributed by atoms with E-state index in [1.165, 1.54) is 6.92 Å². The van der Waals surface area contributed by atoms with Crippen molar-refractivity contribution in [1.29, 1.82) is 0 Å². The molecule has 0 unspecified atom stereocenters. The highest BCUT2D eigenvalue weighted by atomic mass is 16.5. The number of hydrogen-bond acceptors (Lipinski definition) is 5. The lowest BCUT2D eigenvalue weighted by atomic mass is 10.0. The van der Waals surface area contributed by atoms with Gasteiger partial charge in [-0.05, 0) is 37.3 Å². The lowest BCUT2D eigenvalue weighted by Crippen LogP contribution is -2.48. The third-order valence-corrected chi connectivity index (χ3v) is 4.45. The van der Waals surface area contributed by atoms with Crippen molar-refractivity contribution in [1.82, 2.24) is 10.2 Å². The predicted octanol–water partition coefficient (Wildman–Crippen LogP) is 2.40. The van der Waals surface area contributed by atoms with E-state index in [1.54, 1.807) is 24.3 Å². The Balaban J connectivity index is 2.18. The van der Waals surface area contributed by atoms with Gasteiger partial charge in [-0.2, -0.15) is 0 Å². The van der Waals surface area contributed by atoms with Gasteiger partial charge in [-0.3, -0.25) is 19.3 Å². The van der Waals surface area contributed by atoms with Gasteiger partial charge in [0.25, 0.3) is 17.7 Å². The monoisotopic (exact) mass is 388 g/mol. The molecule has 0 saturated heterocycles. The number of hydrogen-bond donors (Lipinski definition) is 1. The maximum absolute atomic E-state index is 12.8. The van der Waals surface area contributed by atoms with Crippen molar-refractivity contribution < 1.29 is 23.9 Å². The summed E-state index contributed by atoms with van der Waals surface area (Å²) in [6, 6.07) is 5.40. The molecule has 152 valence electrons. The number of benzene rings is 1. The molecule has 1 aliphatic rings. The summed E-state index contributed by atoms with van der Waals surface area (Å²) in [5, 5.41) is 2.70. The number of rotatable bonds is 8. The summed E-state index contributed by atoms with van der Waals surface area (Å²) < 4.78 is 5.32. The molecule has 1 aromatic rings. The summed E-state index contributed by atoms with van der Waals surface area (Å²) >= 11 is 0. The quantitative estimate of drug-likeness (QED) is 0.545. The second-order valence-electron chi connectivity index (χ2n) is 7.89. The fourth-order valence-electron chi connectivity index (χ4n) is 3.00. The van der Waals surface area contributed by atoms with Crippen LogP contribution >= 0.6 is 0 Å². The van der Waals surface area contributed by atoms with Crippen molar-refractivity contribution in [2.45, 2.75) is 53.2 Å². The molecule has 0 aromatic heterocycles. The summed E-state index contributed by atoms with van der Waals surface area (Å²) in [4.78, 5) is 51.4. The van der Waals surface area contributed by atoms with Crippen LogP contribution in [0.25, 0.3) is 0 Å². The summed E-state index contributed by atoms with van der Waals surface area (Å²) in [7, 11) is 0. The molecule has 0 aliphatic carbocycles. The zero-order valence-corrected chi connectivity index (χ0v) is 17.0. The van der Waals surface area contributed by atoms with E-state index in [2.05, 4.69) is 5.32 Å². The van der Waals surface area contributed by atoms with Crippen molar-refractivity contribution >= 4 is 23.7 Å². The second kappa shape index (κ2) is 8.99. The third-order valence-electron chi connectivity index (χ3n) is 4.45. The van der Waals surface area contributed by atoms with Crippen LogP contribution in [0.15, 0.2) is 24.3 Å². The van der Waals surface area contributed by atoms with Crippen LogP contribution in [0.5, 0.6) is 0 Å². The highest BCUT2D eigenvalue weighted by Gasteiger charge is 2.44. The molecule has 7 heteroatoms. The summed E-state index contributed by atoms with van der Waals surface area (Å²) in [6.45, 7) is 9.63. The molecule has 1 N–H and O–H groups in total. The largest absolute Gasteiger partial charge is 0.451 e. The number of carbonyl (C=O) groups excluding carboxylic acids is 4. The van der Waals surface area contributed by atoms with Crippen molar-refractivity contribution in [3.05, 3.63) is 35.4 Å². The fraction of sp³-hybridized carbons (Fsp3) is 0.524. The number of ether oxygens (including phenoxy) is 1. The van der Waals surface area contributed by atoms with Crippen LogP contribution in [0, 0.1) is 11.8 Å². The maximum Gasteiger partial charge on any atom is 0.330 e. The second-order valence-corrected chi connectivity index (χ2v) is 7.89. The lowest BCUT2D eigenvalue weighted by Gasteiger charge is -2.27. The molecule has 0 saturated carbocycles. The van der Waals surface area contributed by atoms with Crippen LogP contribution in [-0.4, -0.2) is 47.3 Å². The van der Waals surface area contributed by atoms with E-state index in [-0.39, 0.29) is 29.4 Å². The Hall–Kier alpha value is -2.70. The van der Waals surface area contributed by atoms with Gasteiger partial charge in [-0.25, -0.2) is 4.79 Å². The number of esters is 1. The molecular weight excluding hydrogens is 360 g/mol. The first-order valence-corrected chi connectivity index (χ1v) is 9.58. The molecule has 0 radical (unpaired) electrons. The molecule has 7 nitrogen and oxygen atoms in total. The van der Waals surface area contributed by atoms with E-state index >= 15 is 0 Å². The van der Waals surface area contributed by atoms with Gasteiger partial charge in [0.05, 0.1) is 11.1 Å². The number of amides is 3. The molecule has 1 aromatic carbocycles. The predicted molar refractivity (Wildman–Crippen MR) is 104 cm³/mol. The summed E-state index contributed by atoms with van der Waals surface area (Å²) in [5.41, 5.74) is 0.550. The van der Waals surface area contributed by atoms with E-state index in [9.17, 15) is 19.2 Å². The first kappa shape index (κ1) is 21.6. The Morgan fingerprint density at radius 2 is 1.50 bits per heavy atom. The molecule has 1 aliphatic heterocycles. The average molecular weight is 388 g/mol. The Morgan fingerprint density at radius 1 is 0.964 bits per heavy atom. The van der Waals surface area contributed by atoms with Gasteiger partial charge in [0.15, 0.2) is 6.10 Å². The molecule has 0 fully saturated rings. The van der Waals surface area contributed by atoms with E-state index < -0.39 is 35.8 Å². The van der Waals surface area contributed by atoms with Gasteiger partial charge in [0, 0.05) is 6.54 Å². The minimum Gasteiger partial charge on any atom is -0.451 e. The molecule has 2 rings (SSSR count). The van der Waals surface area contributed by atoms with E-state index in [4.69, 9.17) is 4.74 Å². The highest BCUT2D eigenvalue weighted by Crippen LogP contribution is 2.27. The van der Waals surface area contributed by atoms with E-state index in [0.29, 0.717) is 6.54 Å². The number of nitrogens with one attached hydrogen (secondary N) is 1. The standard InChI is InChI=1S/C21H28N2O5/c1-12(2)10-17(21(27)28-14(5)18(24)22-11-13(3)4)23-19(25)15-8-6-7-9-16(15)20(23)26/h6-9,12-14,17H,10-11H2,1-5H3,(H,22,24)/t14-,17+/m0/s1. The Bertz CT molecular complexity index is 737. The van der Waals surface area contributed by atoms with Crippen molar-refractivity contribution in [3.63, 3.8) is 0 Å². The molecule has 0 bridgehead atoms. The third kappa shape index (κ3) is 4.77. The van der Waals surface area contributed by atoms with Crippen LogP contribution in [0.3, 0.4) is 0 Å². The van der Waals surface area contributed by atoms with Gasteiger partial charge in [-0.15, -0.1) is 0 Å². The topological polar surface area (TPSA) is 92.8 Å². The Kier molecular flexibility index (Phi) is 6.94. The SMILES string of the molecule is CC(C)CNC(=O)[C@H](C)OC(=O)[C@@H](CC(C)C)N1C(=O)c2ccccc2C1=O. The molecule has 1 heterocycles. The first-order valence-electron chi connectivity index (χ1n) is 9.58. The highest BCUT2D eigenvalue weighted by molar-refractivity contribution is 6.22. The first-order chi connectivity index (χ1) is 13.1. The van der Waals surface area contributed by atoms with Gasteiger partial charge in [0.2, 0.25) is 0 Å². The zero-order chi connectivity index (χ0) is 21.0. The molecule has 2 atom stereocenters. The minimum absolute atomic E-state index is 0.0342. The van der Waals surface area contributed by atoms with Gasteiger partial charge >= 0.3 is 5.97 Å². The average Bonchev–Trinajstić information content (AvgIpc) is 2.88. The summed E-state index contributed by atoms with van der Waals surface area (Å²) in [6.07, 6.45) is -0.763. The number of nitrogens with zero attached hydrogens (tertiary/aromatic N) is 1. The van der Waals surface area contributed by atoms with E-state index in [0.717, 1.165) is 4.90 Å². The van der Waals surface area contributed by atoms with Crippen molar-refractivity contribution in [2.75, 3.05) is 6.54 Å². The van der Waals surface area contributed by atoms with Crippen LogP contribution in [0.4, 0.5) is 0 Å². The van der Waals surface area contributed by atoms with Gasteiger partial charge in [0.1, 0.15) is 6.04 Å². The van der Waals surface area contributed by atoms with E-state index in [1.807, 2.05) is 27.7 Å². The van der Waals surface area contributed by atoms with Crippen LogP contribution in [0.1, 0.15) is 61.8 Å². The van der Waals surface area contributed by atoms with Gasteiger partial charge < -0.3 is 10.1 Å². The zero-order valence-electron chi connectivity index (χ0n) is 17.0. The number of carbonyl (C=O) groups is 4. The fourth-order valence-corrected chi connectivity index (χ4v) is 3.00. The van der Waals surface area contributed by atoms with Crippen LogP contribution < -0.4 is 5.32 Å². The minimum atomic E-state index is -1.08. The smallest absolute Gasteiger partial charge is 0.330 e. The molecule has 0 spiro atoms. The molecular formula is C21H28N2O5. The van der Waals surface area contributed by atoms with Crippen molar-refractivity contribution in [2.24, 2.45) is 11.8 Å². The van der Waals surface area contributed by atoms with Crippen LogP contribution in [0.2, 0.25) is 0 Å². The Labute approximate surface area is 165 Å². The normalized spacial score (nSPS) is 15.6. The van der Waals surface area contributed by atoms with Crippen LogP contribution in [-0.2, 0) is 14.3 Å². The van der Waals surface area contributed by atoms with Gasteiger partial charge in [-0.1, -0.05) is 39.8 Å². The number of imide groups is 1. The molecule has 3 amide bonds. The maximum atomic E-state index is 12.8. The summed E-state index contributed by atoms with van der Waals surface area (Å²) in [5.74, 6) is -1.89.